The summed E-state index contributed by atoms with van der Waals surface area (Å²) >= 11 is 0. The molecule has 0 bridgehead atoms. The van der Waals surface area contributed by atoms with E-state index in [1.165, 1.54) is 7.11 Å². The second-order valence-electron chi connectivity index (χ2n) is 6.11. The van der Waals surface area contributed by atoms with Gasteiger partial charge in [0.05, 0.1) is 25.0 Å². The van der Waals surface area contributed by atoms with E-state index >= 15 is 0 Å². The highest BCUT2D eigenvalue weighted by atomic mass is 16.5. The van der Waals surface area contributed by atoms with Crippen LogP contribution in [-0.2, 0) is 13.0 Å². The molecule has 0 aliphatic heterocycles. The molecular weight excluding hydrogens is 342 g/mol. The number of nitrogens with two attached hydrogens (primary N) is 1. The van der Waals surface area contributed by atoms with Crippen molar-refractivity contribution in [3.63, 3.8) is 0 Å². The number of carbonyl (C=O) groups excluding carboxylic acids is 1. The Hall–Kier alpha value is -3.48. The Balaban J connectivity index is 1.70. The molecule has 0 saturated heterocycles. The summed E-state index contributed by atoms with van der Waals surface area (Å²) in [7, 11) is 1.54. The lowest BCUT2D eigenvalue weighted by Gasteiger charge is -2.10. The lowest BCUT2D eigenvalue weighted by atomic mass is 10.1. The average molecular weight is 363 g/mol. The van der Waals surface area contributed by atoms with E-state index in [0.717, 1.165) is 22.5 Å². The minimum Gasteiger partial charge on any atom is -0.494 e. The number of aromatic nitrogens is 3. The molecular formula is C20H21N5O2. The highest BCUT2D eigenvalue weighted by Crippen LogP contribution is 2.20. The Labute approximate surface area is 157 Å². The van der Waals surface area contributed by atoms with Crippen LogP contribution in [0.5, 0.6) is 5.75 Å². The first-order valence-corrected chi connectivity index (χ1v) is 8.49. The first-order valence-electron chi connectivity index (χ1n) is 8.49. The van der Waals surface area contributed by atoms with E-state index in [0.29, 0.717) is 23.8 Å². The lowest BCUT2D eigenvalue weighted by Crippen LogP contribution is -2.10. The molecule has 27 heavy (non-hydrogen) atoms. The van der Waals surface area contributed by atoms with Crippen LogP contribution in [0.15, 0.2) is 48.9 Å². The third kappa shape index (κ3) is 4.58. The molecule has 3 aromatic rings. The molecule has 0 spiro atoms. The van der Waals surface area contributed by atoms with Gasteiger partial charge in [-0.2, -0.15) is 0 Å². The van der Waals surface area contributed by atoms with Crippen LogP contribution in [0.1, 0.15) is 27.3 Å². The smallest absolute Gasteiger partial charge is 0.189 e. The summed E-state index contributed by atoms with van der Waals surface area (Å²) in [5.74, 6) is 0.817. The number of nitrogen functional groups attached to an aromatic ring is 1. The van der Waals surface area contributed by atoms with Gasteiger partial charge in [-0.05, 0) is 48.4 Å². The van der Waals surface area contributed by atoms with Crippen LogP contribution in [0.3, 0.4) is 0 Å². The predicted molar refractivity (Wildman–Crippen MR) is 104 cm³/mol. The summed E-state index contributed by atoms with van der Waals surface area (Å²) in [6.45, 7) is 2.38. The number of ketones is 1. The lowest BCUT2D eigenvalue weighted by molar-refractivity contribution is 0.0985. The summed E-state index contributed by atoms with van der Waals surface area (Å²) in [6, 6.07) is 9.17. The molecule has 3 N–H and O–H groups in total. The van der Waals surface area contributed by atoms with Gasteiger partial charge in [0, 0.05) is 25.0 Å². The SMILES string of the molecule is COc1cc(C)cnc1C(=O)Cc1ccnc(CNc2cccnc2N)c1. The summed E-state index contributed by atoms with van der Waals surface area (Å²) in [5.41, 5.74) is 9.50. The van der Waals surface area contributed by atoms with Crippen molar-refractivity contribution in [1.82, 2.24) is 15.0 Å². The Morgan fingerprint density at radius 1 is 1.19 bits per heavy atom. The van der Waals surface area contributed by atoms with Crippen molar-refractivity contribution in [3.05, 3.63) is 71.4 Å². The van der Waals surface area contributed by atoms with Gasteiger partial charge in [0.15, 0.2) is 5.78 Å². The van der Waals surface area contributed by atoms with Gasteiger partial charge in [-0.1, -0.05) is 0 Å². The van der Waals surface area contributed by atoms with Gasteiger partial charge >= 0.3 is 0 Å². The van der Waals surface area contributed by atoms with E-state index in [4.69, 9.17) is 10.5 Å². The first-order chi connectivity index (χ1) is 13.1. The zero-order chi connectivity index (χ0) is 19.2. The van der Waals surface area contributed by atoms with E-state index in [9.17, 15) is 4.79 Å². The number of carbonyl (C=O) groups is 1. The first kappa shape index (κ1) is 18.3. The predicted octanol–water partition coefficient (Wildman–Crippen LogP) is 2.81. The zero-order valence-electron chi connectivity index (χ0n) is 15.3. The summed E-state index contributed by atoms with van der Waals surface area (Å²) in [4.78, 5) is 25.2. The van der Waals surface area contributed by atoms with E-state index in [2.05, 4.69) is 20.3 Å². The molecule has 7 nitrogen and oxygen atoms in total. The maximum absolute atomic E-state index is 12.6. The van der Waals surface area contributed by atoms with E-state index in [1.807, 2.05) is 31.2 Å². The number of Topliss-reactive ketones (excluding diaryl/α,β-unsaturated/α-hetero) is 1. The minimum atomic E-state index is -0.103. The highest BCUT2D eigenvalue weighted by molar-refractivity contribution is 5.98. The maximum Gasteiger partial charge on any atom is 0.189 e. The van der Waals surface area contributed by atoms with Crippen LogP contribution < -0.4 is 15.8 Å². The van der Waals surface area contributed by atoms with Crippen LogP contribution in [0.2, 0.25) is 0 Å². The molecule has 0 aliphatic carbocycles. The zero-order valence-corrected chi connectivity index (χ0v) is 15.3. The van der Waals surface area contributed by atoms with Crippen LogP contribution in [0.4, 0.5) is 11.5 Å². The third-order valence-electron chi connectivity index (χ3n) is 4.02. The molecule has 0 amide bonds. The number of hydrogen-bond donors (Lipinski definition) is 2. The van der Waals surface area contributed by atoms with Crippen LogP contribution in [0.25, 0.3) is 0 Å². The number of anilines is 2. The van der Waals surface area contributed by atoms with Crippen molar-refractivity contribution in [1.29, 1.82) is 0 Å². The Kier molecular flexibility index (Phi) is 5.61. The number of methoxy groups -OCH3 is 1. The van der Waals surface area contributed by atoms with Crippen molar-refractivity contribution in [2.45, 2.75) is 19.9 Å². The molecule has 0 fully saturated rings. The fourth-order valence-electron chi connectivity index (χ4n) is 2.66. The van der Waals surface area contributed by atoms with Gasteiger partial charge in [-0.3, -0.25) is 9.78 Å². The number of nitrogens with one attached hydrogen (secondary N) is 1. The number of ether oxygens (including phenoxy) is 1. The molecule has 0 atom stereocenters. The van der Waals surface area contributed by atoms with Gasteiger partial charge in [0.25, 0.3) is 0 Å². The van der Waals surface area contributed by atoms with Crippen LogP contribution in [-0.4, -0.2) is 27.8 Å². The van der Waals surface area contributed by atoms with Crippen LogP contribution >= 0.6 is 0 Å². The van der Waals surface area contributed by atoms with Crippen LogP contribution in [0, 0.1) is 6.92 Å². The molecule has 138 valence electrons. The van der Waals surface area contributed by atoms with Crippen molar-refractivity contribution >= 4 is 17.3 Å². The number of aryl methyl sites for hydroxylation is 1. The Bertz CT molecular complexity index is 959. The highest BCUT2D eigenvalue weighted by Gasteiger charge is 2.15. The summed E-state index contributed by atoms with van der Waals surface area (Å²) < 4.78 is 5.28. The fourth-order valence-corrected chi connectivity index (χ4v) is 2.66. The van der Waals surface area contributed by atoms with Crippen molar-refractivity contribution < 1.29 is 9.53 Å². The molecule has 0 saturated carbocycles. The second kappa shape index (κ2) is 8.27. The fraction of sp³-hybridized carbons (Fsp3) is 0.200. The largest absolute Gasteiger partial charge is 0.494 e. The molecule has 3 rings (SSSR count). The molecule has 0 aromatic carbocycles. The second-order valence-corrected chi connectivity index (χ2v) is 6.11. The number of nitrogens with zero attached hydrogens (tertiary/aromatic N) is 3. The van der Waals surface area contributed by atoms with Crippen molar-refractivity contribution in [3.8, 4) is 5.75 Å². The number of rotatable bonds is 7. The molecule has 7 heteroatoms. The Morgan fingerprint density at radius 3 is 2.81 bits per heavy atom. The van der Waals surface area contributed by atoms with E-state index in [1.54, 1.807) is 24.7 Å². The average Bonchev–Trinajstić information content (AvgIpc) is 2.67. The van der Waals surface area contributed by atoms with Gasteiger partial charge in [-0.25, -0.2) is 9.97 Å². The standard InChI is InChI=1S/C20H21N5O2/c1-13-8-18(27-2)19(25-11-13)17(26)10-14-5-7-22-15(9-14)12-24-16-4-3-6-23-20(16)21/h3-9,11,24H,10,12H2,1-2H3,(H2,21,23). The third-order valence-corrected chi connectivity index (χ3v) is 4.02. The molecule has 0 radical (unpaired) electrons. The monoisotopic (exact) mass is 363 g/mol. The molecule has 0 unspecified atom stereocenters. The quantitative estimate of drug-likeness (QED) is 0.622. The van der Waals surface area contributed by atoms with Crippen molar-refractivity contribution in [2.75, 3.05) is 18.2 Å². The van der Waals surface area contributed by atoms with Crippen molar-refractivity contribution in [2.24, 2.45) is 0 Å². The van der Waals surface area contributed by atoms with E-state index in [-0.39, 0.29) is 12.2 Å². The normalized spacial score (nSPS) is 10.4. The topological polar surface area (TPSA) is 103 Å². The molecule has 0 aliphatic rings. The van der Waals surface area contributed by atoms with Gasteiger partial charge in [-0.15, -0.1) is 0 Å². The van der Waals surface area contributed by atoms with Gasteiger partial charge in [0.2, 0.25) is 0 Å². The molecule has 3 heterocycles. The number of hydrogen-bond acceptors (Lipinski definition) is 7. The number of pyridine rings is 3. The molecule has 3 aromatic heterocycles. The minimum absolute atomic E-state index is 0.103. The summed E-state index contributed by atoms with van der Waals surface area (Å²) in [5, 5.41) is 3.20. The van der Waals surface area contributed by atoms with E-state index < -0.39 is 0 Å². The Morgan fingerprint density at radius 2 is 2.04 bits per heavy atom. The summed E-state index contributed by atoms with van der Waals surface area (Å²) in [6.07, 6.45) is 5.21. The van der Waals surface area contributed by atoms with Gasteiger partial charge < -0.3 is 15.8 Å². The maximum atomic E-state index is 12.6. The van der Waals surface area contributed by atoms with Gasteiger partial charge in [0.1, 0.15) is 17.3 Å².